The van der Waals surface area contributed by atoms with Gasteiger partial charge in [0.15, 0.2) is 5.60 Å². The van der Waals surface area contributed by atoms with Gasteiger partial charge in [0, 0.05) is 6.42 Å². The zero-order valence-electron chi connectivity index (χ0n) is 12.5. The summed E-state index contributed by atoms with van der Waals surface area (Å²) in [7, 11) is 0. The summed E-state index contributed by atoms with van der Waals surface area (Å²) in [5.41, 5.74) is 6.62. The molecule has 0 aromatic heterocycles. The Balaban J connectivity index is 2.79. The summed E-state index contributed by atoms with van der Waals surface area (Å²) in [4.78, 5) is 37.1. The van der Waals surface area contributed by atoms with Crippen LogP contribution in [0.4, 0.5) is 0 Å². The summed E-state index contributed by atoms with van der Waals surface area (Å²) >= 11 is 0. The highest BCUT2D eigenvalue weighted by Crippen LogP contribution is 2.20. The molecule has 2 unspecified atom stereocenters. The van der Waals surface area contributed by atoms with E-state index in [1.54, 1.807) is 18.2 Å². The van der Waals surface area contributed by atoms with E-state index in [-0.39, 0.29) is 12.8 Å². The molecule has 8 heteroatoms. The Labute approximate surface area is 132 Å². The quantitative estimate of drug-likeness (QED) is 0.354. The van der Waals surface area contributed by atoms with Crippen molar-refractivity contribution in [3.63, 3.8) is 0 Å². The molecule has 0 saturated carbocycles. The van der Waals surface area contributed by atoms with Crippen molar-refractivity contribution in [1.29, 1.82) is 0 Å². The molecule has 0 fully saturated rings. The fourth-order valence-corrected chi connectivity index (χ4v) is 1.87. The van der Waals surface area contributed by atoms with Crippen LogP contribution in [0, 0.1) is 0 Å². The molecule has 0 aliphatic rings. The number of benzene rings is 1. The Hall–Kier alpha value is -2.83. The largest absolute Gasteiger partial charge is 0.480 e. The third kappa shape index (κ3) is 5.14. The molecule has 1 aromatic rings. The smallest absolute Gasteiger partial charge is 0.326 e. The fraction of sp³-hybridized carbons (Fsp3) is 0.333. The number of carbonyl (C=O) groups excluding carboxylic acids is 2. The molecule has 1 rings (SSSR count). The Morgan fingerprint density at radius 2 is 1.96 bits per heavy atom. The summed E-state index contributed by atoms with van der Waals surface area (Å²) in [5, 5.41) is 21.6. The number of amides is 1. The molecule has 0 spiro atoms. The monoisotopic (exact) mass is 319 g/mol. The van der Waals surface area contributed by atoms with Crippen LogP contribution in [-0.2, 0) is 20.0 Å². The molecule has 8 nitrogen and oxygen atoms in total. The van der Waals surface area contributed by atoms with Crippen molar-refractivity contribution in [3.05, 3.63) is 41.4 Å². The molecule has 0 aliphatic heterocycles. The van der Waals surface area contributed by atoms with Crippen LogP contribution in [0.2, 0.25) is 0 Å². The Morgan fingerprint density at radius 3 is 2.48 bits per heavy atom. The second-order valence-corrected chi connectivity index (χ2v) is 5.05. The molecular weight excluding hydrogens is 302 g/mol. The van der Waals surface area contributed by atoms with Gasteiger partial charge in [-0.05, 0) is 18.9 Å². The number of rotatable bonds is 8. The predicted molar refractivity (Wildman–Crippen MR) is 79.5 cm³/mol. The number of nitrogens with zero attached hydrogens (tertiary/aromatic N) is 2. The lowest BCUT2D eigenvalue weighted by atomic mass is 9.94. The number of hydrogen-bond acceptors (Lipinski definition) is 4. The van der Waals surface area contributed by atoms with E-state index in [2.05, 4.69) is 10.1 Å². The Bertz CT molecular complexity index is 636. The summed E-state index contributed by atoms with van der Waals surface area (Å²) < 4.78 is 0. The van der Waals surface area contributed by atoms with Crippen molar-refractivity contribution >= 4 is 23.9 Å². The van der Waals surface area contributed by atoms with Gasteiger partial charge in [0.1, 0.15) is 6.04 Å². The van der Waals surface area contributed by atoms with E-state index in [1.807, 2.05) is 0 Å². The van der Waals surface area contributed by atoms with E-state index in [0.29, 0.717) is 11.8 Å². The molecule has 0 heterocycles. The Morgan fingerprint density at radius 1 is 1.35 bits per heavy atom. The summed E-state index contributed by atoms with van der Waals surface area (Å²) in [6, 6.07) is 6.71. The van der Waals surface area contributed by atoms with Gasteiger partial charge in [-0.15, -0.1) is 0 Å². The molecule has 0 radical (unpaired) electrons. The van der Waals surface area contributed by atoms with Crippen LogP contribution in [0.15, 0.2) is 30.3 Å². The van der Waals surface area contributed by atoms with Gasteiger partial charge in [-0.2, -0.15) is 4.79 Å². The minimum absolute atomic E-state index is 0.198. The normalized spacial score (nSPS) is 14.0. The second kappa shape index (κ2) is 7.98. The summed E-state index contributed by atoms with van der Waals surface area (Å²) in [6.45, 7) is 1.25. The van der Waals surface area contributed by atoms with Crippen LogP contribution in [0.5, 0.6) is 0 Å². The first-order chi connectivity index (χ1) is 10.8. The number of ketones is 1. The molecule has 1 amide bonds. The first-order valence-electron chi connectivity index (χ1n) is 6.81. The molecule has 1 aromatic carbocycles. The fourth-order valence-electron chi connectivity index (χ4n) is 1.87. The molecule has 122 valence electrons. The number of carbonyl (C=O) groups is 3. The molecule has 23 heavy (non-hydrogen) atoms. The molecule has 0 saturated heterocycles. The molecule has 0 bridgehead atoms. The maximum atomic E-state index is 12.2. The number of carboxylic acids is 1. The van der Waals surface area contributed by atoms with Crippen molar-refractivity contribution in [2.24, 2.45) is 0 Å². The summed E-state index contributed by atoms with van der Waals surface area (Å²) in [5.74, 6) is -2.81. The van der Waals surface area contributed by atoms with E-state index in [4.69, 9.17) is 10.6 Å². The SMILES string of the molecule is CC(O)(C(=O)NC(CCC(=O)C=[N+]=[N-])C(=O)O)c1ccccc1. The van der Waals surface area contributed by atoms with Crippen molar-refractivity contribution < 1.29 is 29.4 Å². The minimum atomic E-state index is -1.91. The average molecular weight is 319 g/mol. The van der Waals surface area contributed by atoms with Gasteiger partial charge < -0.3 is 21.1 Å². The Kier molecular flexibility index (Phi) is 6.32. The maximum absolute atomic E-state index is 12.2. The van der Waals surface area contributed by atoms with E-state index in [0.717, 1.165) is 0 Å². The lowest BCUT2D eigenvalue weighted by Gasteiger charge is -2.25. The van der Waals surface area contributed by atoms with Gasteiger partial charge in [-0.25, -0.2) is 4.79 Å². The highest BCUT2D eigenvalue weighted by molar-refractivity contribution is 6.25. The average Bonchev–Trinajstić information content (AvgIpc) is 2.51. The van der Waals surface area contributed by atoms with Crippen molar-refractivity contribution in [3.8, 4) is 0 Å². The second-order valence-electron chi connectivity index (χ2n) is 5.05. The lowest BCUT2D eigenvalue weighted by Crippen LogP contribution is -2.49. The lowest BCUT2D eigenvalue weighted by molar-refractivity contribution is -0.147. The first kappa shape index (κ1) is 18.2. The van der Waals surface area contributed by atoms with Crippen LogP contribution in [-0.4, -0.2) is 44.9 Å². The van der Waals surface area contributed by atoms with Gasteiger partial charge in [0.25, 0.3) is 5.91 Å². The van der Waals surface area contributed by atoms with Gasteiger partial charge in [-0.3, -0.25) is 9.59 Å². The van der Waals surface area contributed by atoms with Crippen LogP contribution < -0.4 is 5.32 Å². The number of hydrogen-bond donors (Lipinski definition) is 3. The zero-order valence-corrected chi connectivity index (χ0v) is 12.5. The molecule has 3 N–H and O–H groups in total. The van der Waals surface area contributed by atoms with E-state index in [9.17, 15) is 19.5 Å². The topological polar surface area (TPSA) is 140 Å². The molecule has 2 atom stereocenters. The number of Topliss-reactive ketones (excluding diaryl/α,β-unsaturated/α-hetero) is 1. The molecular formula is C15H17N3O5. The number of aliphatic hydroxyl groups is 1. The third-order valence-electron chi connectivity index (χ3n) is 3.26. The number of carboxylic acid groups (broad SMARTS) is 1. The summed E-state index contributed by atoms with van der Waals surface area (Å²) in [6.07, 6.45) is 0.229. The maximum Gasteiger partial charge on any atom is 0.326 e. The first-order valence-corrected chi connectivity index (χ1v) is 6.81. The van der Waals surface area contributed by atoms with Crippen LogP contribution in [0.25, 0.3) is 5.53 Å². The van der Waals surface area contributed by atoms with Crippen molar-refractivity contribution in [2.75, 3.05) is 0 Å². The van der Waals surface area contributed by atoms with Gasteiger partial charge in [0.05, 0.1) is 0 Å². The molecule has 0 aliphatic carbocycles. The van der Waals surface area contributed by atoms with E-state index >= 15 is 0 Å². The van der Waals surface area contributed by atoms with Gasteiger partial charge in [-0.1, -0.05) is 30.3 Å². The highest BCUT2D eigenvalue weighted by Gasteiger charge is 2.35. The standard InChI is InChI=1S/C15H17N3O5/c1-15(23,10-5-3-2-4-6-10)14(22)18-12(13(20)21)8-7-11(19)9-17-16/h2-6,9,12,23H,7-8H2,1H3,(H,18,22)(H,20,21). The van der Waals surface area contributed by atoms with Gasteiger partial charge in [0.2, 0.25) is 5.78 Å². The van der Waals surface area contributed by atoms with Crippen molar-refractivity contribution in [1.82, 2.24) is 5.32 Å². The van der Waals surface area contributed by atoms with Gasteiger partial charge >= 0.3 is 12.2 Å². The highest BCUT2D eigenvalue weighted by atomic mass is 16.4. The predicted octanol–water partition coefficient (Wildman–Crippen LogP) is 0.113. The van der Waals surface area contributed by atoms with Crippen LogP contribution in [0.1, 0.15) is 25.3 Å². The van der Waals surface area contributed by atoms with E-state index < -0.39 is 29.3 Å². The van der Waals surface area contributed by atoms with Crippen molar-refractivity contribution in [2.45, 2.75) is 31.4 Å². The number of nitrogens with one attached hydrogen (secondary N) is 1. The minimum Gasteiger partial charge on any atom is -0.480 e. The van der Waals surface area contributed by atoms with Crippen LogP contribution in [0.3, 0.4) is 0 Å². The van der Waals surface area contributed by atoms with Crippen LogP contribution >= 0.6 is 0 Å². The number of aliphatic carboxylic acids is 1. The zero-order chi connectivity index (χ0) is 17.5. The van der Waals surface area contributed by atoms with E-state index in [1.165, 1.54) is 19.1 Å². The third-order valence-corrected chi connectivity index (χ3v) is 3.26.